The van der Waals surface area contributed by atoms with E-state index >= 15 is 0 Å². The molecule has 6 rings (SSSR count). The van der Waals surface area contributed by atoms with Crippen LogP contribution >= 0.6 is 7.82 Å². The molecule has 1 fully saturated rings. The zero-order valence-electron chi connectivity index (χ0n) is 24.8. The summed E-state index contributed by atoms with van der Waals surface area (Å²) in [7, 11) is -4.95. The van der Waals surface area contributed by atoms with E-state index in [0.29, 0.717) is 12.1 Å². The highest BCUT2D eigenvalue weighted by Crippen LogP contribution is 2.62. The van der Waals surface area contributed by atoms with Gasteiger partial charge < -0.3 is 34.9 Å². The maximum atomic E-state index is 14.4. The van der Waals surface area contributed by atoms with E-state index in [1.54, 1.807) is 4.90 Å². The van der Waals surface area contributed by atoms with Crippen LogP contribution in [0.3, 0.4) is 0 Å². The molecule has 236 valence electrons. The van der Waals surface area contributed by atoms with Crippen LogP contribution in [0.15, 0.2) is 41.4 Å². The summed E-state index contributed by atoms with van der Waals surface area (Å²) < 4.78 is 15.5. The fraction of sp³-hybridized carbons (Fsp3) is 0.500. The molecule has 1 saturated heterocycles. The number of benzene rings is 2. The van der Waals surface area contributed by atoms with Gasteiger partial charge in [-0.15, -0.1) is 0 Å². The quantitative estimate of drug-likeness (QED) is 0.233. The number of aliphatic hydroxyl groups is 3. The average molecular weight is 629 g/mol. The predicted molar refractivity (Wildman–Crippen MR) is 161 cm³/mol. The summed E-state index contributed by atoms with van der Waals surface area (Å²) >= 11 is 0. The van der Waals surface area contributed by atoms with Crippen molar-refractivity contribution < 1.29 is 43.8 Å². The number of rotatable bonds is 8. The number of nitrogens with one attached hydrogen (secondary N) is 1. The molecule has 0 aliphatic carbocycles. The largest absolute Gasteiger partial charge is 0.469 e. The second kappa shape index (κ2) is 10.4. The number of imide groups is 1. The summed E-state index contributed by atoms with van der Waals surface area (Å²) in [6.45, 7) is 7.00. The molecule has 2 aromatic rings. The van der Waals surface area contributed by atoms with E-state index < -0.39 is 62.7 Å². The van der Waals surface area contributed by atoms with Gasteiger partial charge in [0.05, 0.1) is 24.5 Å². The Labute approximate surface area is 254 Å². The molecule has 2 aromatic carbocycles. The maximum Gasteiger partial charge on any atom is 0.469 e. The number of urea groups is 1. The minimum atomic E-state index is -4.95. The summed E-state index contributed by atoms with van der Waals surface area (Å²) in [5, 5.41) is 34.9. The summed E-state index contributed by atoms with van der Waals surface area (Å²) in [5.41, 5.74) is 3.55. The molecule has 44 heavy (non-hydrogen) atoms. The van der Waals surface area contributed by atoms with Gasteiger partial charge in [0.25, 0.3) is 5.91 Å². The van der Waals surface area contributed by atoms with E-state index in [1.165, 1.54) is 0 Å². The molecule has 0 saturated carbocycles. The van der Waals surface area contributed by atoms with Gasteiger partial charge in [-0.3, -0.25) is 14.6 Å². The SMILES string of the molecule is Cc1cc2c3c(c1C)C(C)(C)C[C@H]1C[C@@H](c4ccccc4)[C@]4(C(=O)NC(=O)N=C4N2C[C@H](O)[C@H](O)[C@H](O)COP(=O)(O)O)N31. The highest BCUT2D eigenvalue weighted by Gasteiger charge is 2.69. The van der Waals surface area contributed by atoms with Crippen molar-refractivity contribution in [2.45, 2.75) is 81.8 Å². The van der Waals surface area contributed by atoms with Crippen LogP contribution in [0.25, 0.3) is 0 Å². The molecule has 13 nitrogen and oxygen atoms in total. The van der Waals surface area contributed by atoms with E-state index in [4.69, 9.17) is 9.79 Å². The van der Waals surface area contributed by atoms with Crippen molar-refractivity contribution >= 4 is 37.0 Å². The van der Waals surface area contributed by atoms with Crippen molar-refractivity contribution in [3.8, 4) is 0 Å². The third kappa shape index (κ3) is 4.61. The topological polar surface area (TPSA) is 192 Å². The third-order valence-corrected chi connectivity index (χ3v) is 10.1. The van der Waals surface area contributed by atoms with Crippen LogP contribution in [0.1, 0.15) is 54.9 Å². The Bertz CT molecular complexity index is 1610. The minimum Gasteiger partial charge on any atom is -0.388 e. The smallest absolute Gasteiger partial charge is 0.388 e. The average Bonchev–Trinajstić information content (AvgIpc) is 3.28. The molecule has 0 aromatic heterocycles. The molecular formula is C30H37N4O9P. The second-order valence-corrected chi connectivity index (χ2v) is 14.1. The number of aryl methyl sites for hydroxylation is 1. The van der Waals surface area contributed by atoms with E-state index in [9.17, 15) is 29.5 Å². The molecule has 4 heterocycles. The van der Waals surface area contributed by atoms with Gasteiger partial charge in [-0.25, -0.2) is 9.36 Å². The predicted octanol–water partition coefficient (Wildman–Crippen LogP) is 1.75. The van der Waals surface area contributed by atoms with Crippen molar-refractivity contribution in [2.75, 3.05) is 23.0 Å². The summed E-state index contributed by atoms with van der Waals surface area (Å²) in [6.07, 6.45) is -4.12. The van der Waals surface area contributed by atoms with Crippen LogP contribution in [0.2, 0.25) is 0 Å². The highest BCUT2D eigenvalue weighted by molar-refractivity contribution is 7.46. The number of hydrogen-bond acceptors (Lipinski definition) is 9. The number of amides is 3. The Hall–Kier alpha value is -3.16. The van der Waals surface area contributed by atoms with Gasteiger partial charge in [0, 0.05) is 12.0 Å². The van der Waals surface area contributed by atoms with Crippen LogP contribution < -0.4 is 15.1 Å². The van der Waals surface area contributed by atoms with Gasteiger partial charge in [0.2, 0.25) is 0 Å². The number of hydrogen-bond donors (Lipinski definition) is 6. The van der Waals surface area contributed by atoms with E-state index in [2.05, 4.69) is 33.6 Å². The number of nitrogens with zero attached hydrogens (tertiary/aromatic N) is 3. The third-order valence-electron chi connectivity index (χ3n) is 9.65. The Kier molecular flexibility index (Phi) is 7.33. The lowest BCUT2D eigenvalue weighted by atomic mass is 9.70. The Morgan fingerprint density at radius 3 is 2.45 bits per heavy atom. The number of β-amino-alcohol motifs (C(OH)–C–C–N with tert-alkyl or cyclic N) is 1. The number of carbonyl (C=O) groups excluding carboxylic acids is 2. The first kappa shape index (κ1) is 30.8. The zero-order valence-corrected chi connectivity index (χ0v) is 25.7. The van der Waals surface area contributed by atoms with Crippen molar-refractivity contribution in [3.05, 3.63) is 58.7 Å². The number of carbonyl (C=O) groups is 2. The molecule has 0 radical (unpaired) electrons. The lowest BCUT2D eigenvalue weighted by Crippen LogP contribution is -2.74. The first-order valence-electron chi connectivity index (χ1n) is 14.5. The van der Waals surface area contributed by atoms with Crippen LogP contribution in [-0.4, -0.2) is 85.9 Å². The monoisotopic (exact) mass is 628 g/mol. The van der Waals surface area contributed by atoms with Crippen LogP contribution in [0, 0.1) is 13.8 Å². The first-order valence-corrected chi connectivity index (χ1v) is 16.1. The number of anilines is 2. The lowest BCUT2D eigenvalue weighted by molar-refractivity contribution is -0.123. The van der Waals surface area contributed by atoms with E-state index in [1.807, 2.05) is 50.2 Å². The van der Waals surface area contributed by atoms with E-state index in [0.717, 1.165) is 34.4 Å². The lowest BCUT2D eigenvalue weighted by Gasteiger charge is -2.57. The maximum absolute atomic E-state index is 14.4. The van der Waals surface area contributed by atoms with Crippen molar-refractivity contribution in [2.24, 2.45) is 4.99 Å². The fourth-order valence-corrected chi connectivity index (χ4v) is 8.22. The summed E-state index contributed by atoms with van der Waals surface area (Å²) in [4.78, 5) is 53.4. The Balaban J connectivity index is 1.56. The van der Waals surface area contributed by atoms with Gasteiger partial charge in [-0.05, 0) is 60.4 Å². The van der Waals surface area contributed by atoms with Gasteiger partial charge >= 0.3 is 13.9 Å². The number of aliphatic imine (C=N–C) groups is 1. The van der Waals surface area contributed by atoms with Gasteiger partial charge in [-0.2, -0.15) is 4.99 Å². The standard InChI is InChI=1S/C30H37N4O9P/c1-15-10-20-24-23(16(15)2)29(3,4)12-18-11-19(17-8-6-5-7-9-17)30(34(18)24)26(31-28(39)32-27(30)38)33(20)13-21(35)25(37)22(36)14-43-44(40,41)42/h5-10,18-19,21-22,25,35-37H,11-14H2,1-4H3,(H,32,38,39)(H2,40,41,42)/t18-,19+,21+,22-,25+,30+/m1/s1. The zero-order chi connectivity index (χ0) is 31.9. The normalized spacial score (nSPS) is 27.2. The number of phosphoric ester groups is 1. The number of amidine groups is 1. The van der Waals surface area contributed by atoms with E-state index in [-0.39, 0.29) is 17.3 Å². The molecule has 6 N–H and O–H groups in total. The first-order chi connectivity index (χ1) is 20.6. The Morgan fingerprint density at radius 2 is 1.80 bits per heavy atom. The summed E-state index contributed by atoms with van der Waals surface area (Å²) in [6, 6.07) is 10.5. The summed E-state index contributed by atoms with van der Waals surface area (Å²) in [5.74, 6) is -0.853. The number of phosphoric acid groups is 1. The minimum absolute atomic E-state index is 0.0861. The Morgan fingerprint density at radius 1 is 1.11 bits per heavy atom. The van der Waals surface area contributed by atoms with Crippen molar-refractivity contribution in [1.82, 2.24) is 5.32 Å². The van der Waals surface area contributed by atoms with Crippen LogP contribution in [0.4, 0.5) is 16.2 Å². The van der Waals surface area contributed by atoms with Crippen LogP contribution in [-0.2, 0) is 19.3 Å². The molecule has 6 atom stereocenters. The van der Waals surface area contributed by atoms with Crippen LogP contribution in [0.5, 0.6) is 0 Å². The molecule has 4 aliphatic heterocycles. The van der Waals surface area contributed by atoms with Crippen molar-refractivity contribution in [3.63, 3.8) is 0 Å². The molecule has 0 bridgehead atoms. The van der Waals surface area contributed by atoms with Crippen molar-refractivity contribution in [1.29, 1.82) is 0 Å². The van der Waals surface area contributed by atoms with Gasteiger partial charge in [-0.1, -0.05) is 44.2 Å². The molecular weight excluding hydrogens is 591 g/mol. The van der Waals surface area contributed by atoms with Gasteiger partial charge in [0.1, 0.15) is 18.3 Å². The second-order valence-electron chi connectivity index (χ2n) is 12.9. The molecule has 1 spiro atoms. The molecule has 14 heteroatoms. The number of aliphatic hydroxyl groups excluding tert-OH is 3. The van der Waals surface area contributed by atoms with Gasteiger partial charge in [0.15, 0.2) is 11.4 Å². The molecule has 3 amide bonds. The fourth-order valence-electron chi connectivity index (χ4n) is 7.88. The molecule has 0 unspecified atom stereocenters. The highest BCUT2D eigenvalue weighted by atomic mass is 31.2. The molecule has 4 aliphatic rings.